The van der Waals surface area contributed by atoms with Crippen LogP contribution in [-0.2, 0) is 0 Å². The molecule has 1 rings (SSSR count). The molecule has 0 spiro atoms. The van der Waals surface area contributed by atoms with Crippen molar-refractivity contribution in [3.63, 3.8) is 0 Å². The minimum atomic E-state index is 0.148. The summed E-state index contributed by atoms with van der Waals surface area (Å²) in [5.74, 6) is 1.32. The molecular weight excluding hydrogens is 380 g/mol. The molecule has 0 saturated carbocycles. The van der Waals surface area contributed by atoms with Gasteiger partial charge >= 0.3 is 0 Å². The number of nitriles is 2. The van der Waals surface area contributed by atoms with E-state index in [1.165, 1.54) is 0 Å². The first kappa shape index (κ1) is 25.4. The highest BCUT2D eigenvalue weighted by Gasteiger charge is 2.29. The fraction of sp³-hybridized carbons (Fsp3) is 0.667. The fourth-order valence-electron chi connectivity index (χ4n) is 2.69. The van der Waals surface area contributed by atoms with Crippen LogP contribution in [0, 0.1) is 22.7 Å². The summed E-state index contributed by atoms with van der Waals surface area (Å²) in [4.78, 5) is 0. The van der Waals surface area contributed by atoms with Gasteiger partial charge in [0, 0.05) is 0 Å². The largest absolute Gasteiger partial charge is 0.488 e. The molecule has 166 valence electrons. The molecule has 0 aromatic heterocycles. The Morgan fingerprint density at radius 1 is 0.500 bits per heavy atom. The second kappa shape index (κ2) is 15.3. The van der Waals surface area contributed by atoms with Crippen LogP contribution in [0.25, 0.3) is 0 Å². The van der Waals surface area contributed by atoms with Crippen molar-refractivity contribution < 1.29 is 18.9 Å². The van der Waals surface area contributed by atoms with Crippen molar-refractivity contribution in [1.82, 2.24) is 0 Å². The first-order chi connectivity index (χ1) is 14.7. The van der Waals surface area contributed by atoms with E-state index in [2.05, 4.69) is 39.8 Å². The first-order valence-corrected chi connectivity index (χ1v) is 11.2. The molecule has 0 atom stereocenters. The van der Waals surface area contributed by atoms with Crippen LogP contribution in [0.3, 0.4) is 0 Å². The van der Waals surface area contributed by atoms with E-state index in [0.717, 1.165) is 51.4 Å². The number of hydrogen-bond acceptors (Lipinski definition) is 6. The van der Waals surface area contributed by atoms with Crippen LogP contribution in [0.2, 0.25) is 0 Å². The van der Waals surface area contributed by atoms with E-state index in [1.807, 2.05) is 0 Å². The van der Waals surface area contributed by atoms with Crippen molar-refractivity contribution in [2.75, 3.05) is 26.4 Å². The molecule has 0 bridgehead atoms. The van der Waals surface area contributed by atoms with Crippen molar-refractivity contribution in [3.8, 4) is 35.1 Å². The Bertz CT molecular complexity index is 659. The molecule has 0 aliphatic carbocycles. The van der Waals surface area contributed by atoms with Gasteiger partial charge in [0.15, 0.2) is 11.5 Å². The third kappa shape index (κ3) is 7.34. The summed E-state index contributed by atoms with van der Waals surface area (Å²) in [5, 5.41) is 19.7. The van der Waals surface area contributed by atoms with Gasteiger partial charge in [0.1, 0.15) is 23.3 Å². The van der Waals surface area contributed by atoms with E-state index in [0.29, 0.717) is 37.9 Å². The van der Waals surface area contributed by atoms with Crippen molar-refractivity contribution in [2.24, 2.45) is 0 Å². The molecule has 6 nitrogen and oxygen atoms in total. The average Bonchev–Trinajstić information content (AvgIpc) is 2.76. The molecule has 1 aromatic rings. The number of benzene rings is 1. The molecule has 6 heteroatoms. The number of hydrogen-bond donors (Lipinski definition) is 0. The molecular formula is C24H36N2O4. The Morgan fingerprint density at radius 3 is 1.00 bits per heavy atom. The number of rotatable bonds is 16. The summed E-state index contributed by atoms with van der Waals surface area (Å²) in [7, 11) is 0. The molecule has 0 unspecified atom stereocenters. The van der Waals surface area contributed by atoms with E-state index < -0.39 is 0 Å². The Labute approximate surface area is 181 Å². The van der Waals surface area contributed by atoms with Crippen molar-refractivity contribution >= 4 is 0 Å². The van der Waals surface area contributed by atoms with Crippen LogP contribution in [-0.4, -0.2) is 26.4 Å². The lowest BCUT2D eigenvalue weighted by molar-refractivity contribution is 0.221. The lowest BCUT2D eigenvalue weighted by Crippen LogP contribution is -2.11. The summed E-state index contributed by atoms with van der Waals surface area (Å²) in [6.45, 7) is 10.1. The number of nitrogens with zero attached hydrogens (tertiary/aromatic N) is 2. The maximum absolute atomic E-state index is 9.85. The van der Waals surface area contributed by atoms with Gasteiger partial charge in [-0.1, -0.05) is 53.4 Å². The first-order valence-electron chi connectivity index (χ1n) is 11.2. The van der Waals surface area contributed by atoms with Gasteiger partial charge in [0.05, 0.1) is 26.4 Å². The van der Waals surface area contributed by atoms with Crippen molar-refractivity contribution in [1.29, 1.82) is 10.5 Å². The minimum absolute atomic E-state index is 0.148. The lowest BCUT2D eigenvalue weighted by atomic mass is 10.0. The van der Waals surface area contributed by atoms with Crippen LogP contribution in [0.5, 0.6) is 23.0 Å². The van der Waals surface area contributed by atoms with E-state index in [-0.39, 0.29) is 22.6 Å². The molecule has 0 amide bonds. The highest BCUT2D eigenvalue weighted by atomic mass is 16.6. The summed E-state index contributed by atoms with van der Waals surface area (Å²) in [6, 6.07) is 4.27. The van der Waals surface area contributed by atoms with E-state index in [9.17, 15) is 10.5 Å². The van der Waals surface area contributed by atoms with Crippen LogP contribution < -0.4 is 18.9 Å². The van der Waals surface area contributed by atoms with Gasteiger partial charge in [0.25, 0.3) is 0 Å². The van der Waals surface area contributed by atoms with E-state index in [1.54, 1.807) is 0 Å². The molecule has 0 aliphatic rings. The molecule has 0 saturated heterocycles. The van der Waals surface area contributed by atoms with Crippen molar-refractivity contribution in [3.05, 3.63) is 11.1 Å². The molecule has 1 aromatic carbocycles. The smallest absolute Gasteiger partial charge is 0.209 e. The lowest BCUT2D eigenvalue weighted by Gasteiger charge is -2.22. The molecule has 0 heterocycles. The quantitative estimate of drug-likeness (QED) is 0.301. The van der Waals surface area contributed by atoms with Gasteiger partial charge < -0.3 is 18.9 Å². The van der Waals surface area contributed by atoms with Crippen LogP contribution in [0.4, 0.5) is 0 Å². The zero-order valence-electron chi connectivity index (χ0n) is 19.0. The highest BCUT2D eigenvalue weighted by Crippen LogP contribution is 2.50. The second-order valence-corrected chi connectivity index (χ2v) is 7.10. The Morgan fingerprint density at radius 2 is 0.767 bits per heavy atom. The number of unbranched alkanes of at least 4 members (excludes halogenated alkanes) is 4. The van der Waals surface area contributed by atoms with E-state index >= 15 is 0 Å². The highest BCUT2D eigenvalue weighted by molar-refractivity contribution is 5.73. The van der Waals surface area contributed by atoms with Crippen LogP contribution in [0.1, 0.15) is 90.2 Å². The van der Waals surface area contributed by atoms with Gasteiger partial charge in [-0.3, -0.25) is 0 Å². The predicted octanol–water partition coefficient (Wildman–Crippen LogP) is 6.15. The normalized spacial score (nSPS) is 10.2. The Kier molecular flexibility index (Phi) is 12.9. The molecule has 30 heavy (non-hydrogen) atoms. The van der Waals surface area contributed by atoms with Gasteiger partial charge in [-0.2, -0.15) is 10.5 Å². The maximum atomic E-state index is 9.85. The molecule has 0 aliphatic heterocycles. The molecule has 0 radical (unpaired) electrons. The van der Waals surface area contributed by atoms with Gasteiger partial charge in [-0.05, 0) is 25.7 Å². The monoisotopic (exact) mass is 416 g/mol. The maximum Gasteiger partial charge on any atom is 0.209 e. The zero-order valence-corrected chi connectivity index (χ0v) is 19.0. The Hall–Kier alpha value is -2.60. The summed E-state index contributed by atoms with van der Waals surface area (Å²) in [5.41, 5.74) is 0.295. The fourth-order valence-corrected chi connectivity index (χ4v) is 2.69. The van der Waals surface area contributed by atoms with Gasteiger partial charge in [0.2, 0.25) is 11.5 Å². The average molecular weight is 417 g/mol. The van der Waals surface area contributed by atoms with Crippen LogP contribution in [0.15, 0.2) is 0 Å². The summed E-state index contributed by atoms with van der Waals surface area (Å²) >= 11 is 0. The third-order valence-corrected chi connectivity index (χ3v) is 4.52. The van der Waals surface area contributed by atoms with Gasteiger partial charge in [-0.25, -0.2) is 0 Å². The van der Waals surface area contributed by atoms with Crippen molar-refractivity contribution in [2.45, 2.75) is 79.1 Å². The van der Waals surface area contributed by atoms with E-state index in [4.69, 9.17) is 18.9 Å². The number of ether oxygens (including phenoxy) is 4. The predicted molar refractivity (Wildman–Crippen MR) is 117 cm³/mol. The molecule has 0 N–H and O–H groups in total. The van der Waals surface area contributed by atoms with Gasteiger partial charge in [-0.15, -0.1) is 0 Å². The second-order valence-electron chi connectivity index (χ2n) is 7.10. The summed E-state index contributed by atoms with van der Waals surface area (Å²) in [6.07, 6.45) is 7.24. The SMILES string of the molecule is CCCCOc1c(C#N)c(C#N)c(OCCCC)c(OCCCC)c1OCCCC. The zero-order chi connectivity index (χ0) is 22.2. The standard InChI is InChI=1S/C24H36N2O4/c1-5-9-13-27-21-19(17-25)20(18-26)22(28-14-10-6-2)24(30-16-12-8-4)23(21)29-15-11-7-3/h5-16H2,1-4H3. The van der Waals surface area contributed by atoms with Crippen LogP contribution >= 0.6 is 0 Å². The molecule has 0 fully saturated rings. The third-order valence-electron chi connectivity index (χ3n) is 4.52. The minimum Gasteiger partial charge on any atom is -0.488 e. The Balaban J connectivity index is 3.59. The topological polar surface area (TPSA) is 84.5 Å². The summed E-state index contributed by atoms with van der Waals surface area (Å²) < 4.78 is 24.1.